The highest BCUT2D eigenvalue weighted by Gasteiger charge is 2.22. The first-order valence-corrected chi connectivity index (χ1v) is 10.5. The molecule has 5 nitrogen and oxygen atoms in total. The number of amides is 1. The van der Waals surface area contributed by atoms with E-state index in [1.54, 1.807) is 0 Å². The first kappa shape index (κ1) is 20.4. The van der Waals surface area contributed by atoms with Crippen molar-refractivity contribution >= 4 is 11.6 Å². The summed E-state index contributed by atoms with van der Waals surface area (Å²) in [7, 11) is 0. The second-order valence-electron chi connectivity index (χ2n) is 8.43. The highest BCUT2D eigenvalue weighted by Crippen LogP contribution is 2.20. The standard InChI is InChI=1S/C23H34N4O/c1-17(2)16-27-20(5)22(19(4)24-27)9-10-23(28)26-13-11-25(12-14-26)21-8-6-7-18(3)15-21/h6-8,15,17H,9-14,16H2,1-5H3. The van der Waals surface area contributed by atoms with E-state index in [2.05, 4.69) is 73.6 Å². The van der Waals surface area contributed by atoms with Crippen molar-refractivity contribution in [3.8, 4) is 0 Å². The molecule has 0 saturated carbocycles. The molecule has 3 rings (SSSR count). The summed E-state index contributed by atoms with van der Waals surface area (Å²) in [5, 5.41) is 4.68. The minimum Gasteiger partial charge on any atom is -0.368 e. The molecule has 5 heteroatoms. The number of aromatic nitrogens is 2. The summed E-state index contributed by atoms with van der Waals surface area (Å²) in [6.07, 6.45) is 1.35. The number of benzene rings is 1. The maximum Gasteiger partial charge on any atom is 0.223 e. The minimum absolute atomic E-state index is 0.263. The van der Waals surface area contributed by atoms with Crippen molar-refractivity contribution in [2.75, 3.05) is 31.1 Å². The molecule has 2 heterocycles. The van der Waals surface area contributed by atoms with Crippen molar-refractivity contribution < 1.29 is 4.79 Å². The van der Waals surface area contributed by atoms with Gasteiger partial charge in [0.25, 0.3) is 0 Å². The Kier molecular flexibility index (Phi) is 6.42. The van der Waals surface area contributed by atoms with Crippen LogP contribution in [0.3, 0.4) is 0 Å². The van der Waals surface area contributed by atoms with Gasteiger partial charge in [-0.05, 0) is 56.4 Å². The number of aryl methyl sites for hydroxylation is 2. The van der Waals surface area contributed by atoms with Gasteiger partial charge in [0.05, 0.1) is 5.69 Å². The Morgan fingerprint density at radius 2 is 1.82 bits per heavy atom. The molecule has 1 aliphatic rings. The molecule has 0 bridgehead atoms. The molecule has 1 fully saturated rings. The third-order valence-electron chi connectivity index (χ3n) is 5.66. The topological polar surface area (TPSA) is 41.4 Å². The molecule has 1 aromatic heterocycles. The summed E-state index contributed by atoms with van der Waals surface area (Å²) in [4.78, 5) is 17.2. The van der Waals surface area contributed by atoms with Gasteiger partial charge in [-0.1, -0.05) is 26.0 Å². The van der Waals surface area contributed by atoms with Gasteiger partial charge in [-0.15, -0.1) is 0 Å². The predicted octanol–water partition coefficient (Wildman–Crippen LogP) is 3.75. The van der Waals surface area contributed by atoms with Crippen molar-refractivity contribution in [1.29, 1.82) is 0 Å². The van der Waals surface area contributed by atoms with Crippen LogP contribution in [-0.4, -0.2) is 46.8 Å². The van der Waals surface area contributed by atoms with Gasteiger partial charge in [0, 0.05) is 50.5 Å². The van der Waals surface area contributed by atoms with E-state index in [1.807, 2.05) is 4.90 Å². The third kappa shape index (κ3) is 4.75. The van der Waals surface area contributed by atoms with Gasteiger partial charge in [-0.25, -0.2) is 0 Å². The minimum atomic E-state index is 0.263. The van der Waals surface area contributed by atoms with E-state index in [1.165, 1.54) is 22.5 Å². The first-order chi connectivity index (χ1) is 13.3. The number of hydrogen-bond acceptors (Lipinski definition) is 3. The molecule has 1 saturated heterocycles. The van der Waals surface area contributed by atoms with Gasteiger partial charge in [-0.3, -0.25) is 9.48 Å². The quantitative estimate of drug-likeness (QED) is 0.764. The molecule has 152 valence electrons. The molecular formula is C23H34N4O. The van der Waals surface area contributed by atoms with E-state index >= 15 is 0 Å². The summed E-state index contributed by atoms with van der Waals surface area (Å²) in [6.45, 7) is 15.1. The molecule has 0 spiro atoms. The number of piperazine rings is 1. The van der Waals surface area contributed by atoms with E-state index < -0.39 is 0 Å². The molecule has 1 aliphatic heterocycles. The second kappa shape index (κ2) is 8.80. The van der Waals surface area contributed by atoms with Crippen LogP contribution in [0.25, 0.3) is 0 Å². The van der Waals surface area contributed by atoms with Gasteiger partial charge in [-0.2, -0.15) is 5.10 Å². The summed E-state index contributed by atoms with van der Waals surface area (Å²) >= 11 is 0. The Labute approximate surface area is 169 Å². The largest absolute Gasteiger partial charge is 0.368 e. The van der Waals surface area contributed by atoms with Crippen LogP contribution in [0.4, 0.5) is 5.69 Å². The number of hydrogen-bond donors (Lipinski definition) is 0. The zero-order valence-corrected chi connectivity index (χ0v) is 18.0. The Balaban J connectivity index is 1.53. The SMILES string of the molecule is Cc1cccc(N2CCN(C(=O)CCc3c(C)nn(CC(C)C)c3C)CC2)c1. The summed E-state index contributed by atoms with van der Waals surface area (Å²) in [6, 6.07) is 8.60. The zero-order chi connectivity index (χ0) is 20.3. The Morgan fingerprint density at radius 3 is 2.46 bits per heavy atom. The van der Waals surface area contributed by atoms with Crippen LogP contribution in [0.1, 0.15) is 42.8 Å². The van der Waals surface area contributed by atoms with E-state index in [0.29, 0.717) is 12.3 Å². The Morgan fingerprint density at radius 1 is 1.11 bits per heavy atom. The highest BCUT2D eigenvalue weighted by molar-refractivity contribution is 5.77. The smallest absolute Gasteiger partial charge is 0.223 e. The molecule has 0 aliphatic carbocycles. The fourth-order valence-corrected chi connectivity index (χ4v) is 4.05. The van der Waals surface area contributed by atoms with Crippen molar-refractivity contribution in [3.63, 3.8) is 0 Å². The maximum atomic E-state index is 12.8. The molecule has 0 unspecified atom stereocenters. The van der Waals surface area contributed by atoms with Gasteiger partial charge in [0.2, 0.25) is 5.91 Å². The molecule has 1 amide bonds. The second-order valence-corrected chi connectivity index (χ2v) is 8.43. The van der Waals surface area contributed by atoms with E-state index in [4.69, 9.17) is 0 Å². The molecule has 0 N–H and O–H groups in total. The van der Waals surface area contributed by atoms with Crippen LogP contribution in [0.2, 0.25) is 0 Å². The summed E-state index contributed by atoms with van der Waals surface area (Å²) < 4.78 is 2.10. The van der Waals surface area contributed by atoms with E-state index in [9.17, 15) is 4.79 Å². The number of rotatable bonds is 6. The molecule has 0 radical (unpaired) electrons. The fourth-order valence-electron chi connectivity index (χ4n) is 4.05. The maximum absolute atomic E-state index is 12.8. The molecule has 28 heavy (non-hydrogen) atoms. The average molecular weight is 383 g/mol. The van der Waals surface area contributed by atoms with Crippen molar-refractivity contribution in [2.24, 2.45) is 5.92 Å². The van der Waals surface area contributed by atoms with E-state index in [0.717, 1.165) is 44.8 Å². The number of anilines is 1. The van der Waals surface area contributed by atoms with Crippen LogP contribution in [0.5, 0.6) is 0 Å². The lowest BCUT2D eigenvalue weighted by atomic mass is 10.1. The highest BCUT2D eigenvalue weighted by atomic mass is 16.2. The normalized spacial score (nSPS) is 14.8. The number of nitrogens with zero attached hydrogens (tertiary/aromatic N) is 4. The van der Waals surface area contributed by atoms with Gasteiger partial charge in [0.1, 0.15) is 0 Å². The average Bonchev–Trinajstić information content (AvgIpc) is 2.92. The van der Waals surface area contributed by atoms with Crippen molar-refractivity contribution in [1.82, 2.24) is 14.7 Å². The fraction of sp³-hybridized carbons (Fsp3) is 0.565. The lowest BCUT2D eigenvalue weighted by Gasteiger charge is -2.36. The Hall–Kier alpha value is -2.30. The lowest BCUT2D eigenvalue weighted by molar-refractivity contribution is -0.131. The summed E-state index contributed by atoms with van der Waals surface area (Å²) in [5.41, 5.74) is 6.06. The van der Waals surface area contributed by atoms with Crippen LogP contribution in [0.15, 0.2) is 24.3 Å². The molecule has 1 aromatic carbocycles. The Bertz CT molecular complexity index is 816. The predicted molar refractivity (Wildman–Crippen MR) is 115 cm³/mol. The third-order valence-corrected chi connectivity index (χ3v) is 5.66. The van der Waals surface area contributed by atoms with Crippen LogP contribution in [-0.2, 0) is 17.8 Å². The van der Waals surface area contributed by atoms with Gasteiger partial charge >= 0.3 is 0 Å². The molecular weight excluding hydrogens is 348 g/mol. The monoisotopic (exact) mass is 382 g/mol. The van der Waals surface area contributed by atoms with Gasteiger partial charge < -0.3 is 9.80 Å². The first-order valence-electron chi connectivity index (χ1n) is 10.5. The van der Waals surface area contributed by atoms with Gasteiger partial charge in [0.15, 0.2) is 0 Å². The van der Waals surface area contributed by atoms with Crippen LogP contribution >= 0.6 is 0 Å². The number of carbonyl (C=O) groups is 1. The van der Waals surface area contributed by atoms with Crippen LogP contribution < -0.4 is 4.90 Å². The number of carbonyl (C=O) groups excluding carboxylic acids is 1. The molecule has 2 aromatic rings. The summed E-state index contributed by atoms with van der Waals surface area (Å²) in [5.74, 6) is 0.830. The van der Waals surface area contributed by atoms with Crippen molar-refractivity contribution in [3.05, 3.63) is 46.8 Å². The van der Waals surface area contributed by atoms with Crippen molar-refractivity contribution in [2.45, 2.75) is 54.0 Å². The van der Waals surface area contributed by atoms with Crippen LogP contribution in [0, 0.1) is 26.7 Å². The molecule has 0 atom stereocenters. The zero-order valence-electron chi connectivity index (χ0n) is 18.0. The van der Waals surface area contributed by atoms with E-state index in [-0.39, 0.29) is 5.91 Å². The lowest BCUT2D eigenvalue weighted by Crippen LogP contribution is -2.48.